The first-order valence-electron chi connectivity index (χ1n) is 7.28. The number of nitrogens with zero attached hydrogens (tertiary/aromatic N) is 2. The number of hydrogen-bond acceptors (Lipinski definition) is 5. The third kappa shape index (κ3) is 3.84. The molecule has 0 bridgehead atoms. The first kappa shape index (κ1) is 13.7. The SMILES string of the molecule is Cc1cccc(OCCNc2cc(N)nc(C3CC3)n2)c1. The van der Waals surface area contributed by atoms with Gasteiger partial charge in [0.05, 0.1) is 6.54 Å². The first-order chi connectivity index (χ1) is 10.2. The molecule has 0 spiro atoms. The Bertz CT molecular complexity index is 625. The van der Waals surface area contributed by atoms with Crippen LogP contribution in [0.2, 0.25) is 0 Å². The monoisotopic (exact) mass is 284 g/mol. The minimum atomic E-state index is 0.498. The van der Waals surface area contributed by atoms with Crippen LogP contribution < -0.4 is 15.8 Å². The summed E-state index contributed by atoms with van der Waals surface area (Å²) in [6.45, 7) is 3.30. The summed E-state index contributed by atoms with van der Waals surface area (Å²) in [5.74, 6) is 3.54. The molecule has 5 heteroatoms. The van der Waals surface area contributed by atoms with Gasteiger partial charge in [0.15, 0.2) is 0 Å². The fraction of sp³-hybridized carbons (Fsp3) is 0.375. The molecule has 3 rings (SSSR count). The van der Waals surface area contributed by atoms with Crippen LogP contribution in [0.25, 0.3) is 0 Å². The number of anilines is 2. The molecule has 0 amide bonds. The van der Waals surface area contributed by atoms with Gasteiger partial charge in [-0.1, -0.05) is 12.1 Å². The largest absolute Gasteiger partial charge is 0.492 e. The highest BCUT2D eigenvalue weighted by atomic mass is 16.5. The summed E-state index contributed by atoms with van der Waals surface area (Å²) in [5.41, 5.74) is 7.01. The Kier molecular flexibility index (Phi) is 3.90. The number of hydrogen-bond donors (Lipinski definition) is 2. The van der Waals surface area contributed by atoms with Gasteiger partial charge in [0.2, 0.25) is 0 Å². The van der Waals surface area contributed by atoms with E-state index in [-0.39, 0.29) is 0 Å². The van der Waals surface area contributed by atoms with Gasteiger partial charge in [0, 0.05) is 12.0 Å². The molecule has 0 radical (unpaired) electrons. The summed E-state index contributed by atoms with van der Waals surface area (Å²) in [6.07, 6.45) is 2.33. The van der Waals surface area contributed by atoms with Crippen LogP contribution in [0, 0.1) is 6.92 Å². The van der Waals surface area contributed by atoms with Gasteiger partial charge in [-0.25, -0.2) is 9.97 Å². The van der Waals surface area contributed by atoms with Crippen molar-refractivity contribution in [3.05, 3.63) is 41.7 Å². The van der Waals surface area contributed by atoms with Gasteiger partial charge < -0.3 is 15.8 Å². The lowest BCUT2D eigenvalue weighted by molar-refractivity contribution is 0.332. The summed E-state index contributed by atoms with van der Waals surface area (Å²) < 4.78 is 5.69. The van der Waals surface area contributed by atoms with Crippen LogP contribution in [0.5, 0.6) is 5.75 Å². The summed E-state index contributed by atoms with van der Waals surface area (Å²) in [4.78, 5) is 8.77. The molecule has 2 aromatic rings. The minimum Gasteiger partial charge on any atom is -0.492 e. The lowest BCUT2D eigenvalue weighted by Gasteiger charge is -2.10. The summed E-state index contributed by atoms with van der Waals surface area (Å²) >= 11 is 0. The fourth-order valence-corrected chi connectivity index (χ4v) is 2.15. The van der Waals surface area contributed by atoms with Crippen molar-refractivity contribution in [1.82, 2.24) is 9.97 Å². The number of ether oxygens (including phenoxy) is 1. The number of rotatable bonds is 6. The topological polar surface area (TPSA) is 73.1 Å². The van der Waals surface area contributed by atoms with E-state index in [1.165, 1.54) is 18.4 Å². The van der Waals surface area contributed by atoms with Crippen LogP contribution >= 0.6 is 0 Å². The second-order valence-corrected chi connectivity index (χ2v) is 5.40. The van der Waals surface area contributed by atoms with Crippen molar-refractivity contribution < 1.29 is 4.74 Å². The number of aryl methyl sites for hydroxylation is 1. The third-order valence-electron chi connectivity index (χ3n) is 3.37. The molecule has 3 N–H and O–H groups in total. The van der Waals surface area contributed by atoms with Crippen LogP contribution in [0.4, 0.5) is 11.6 Å². The highest BCUT2D eigenvalue weighted by Gasteiger charge is 2.27. The van der Waals surface area contributed by atoms with Gasteiger partial charge in [0.1, 0.15) is 29.8 Å². The summed E-state index contributed by atoms with van der Waals surface area (Å²) in [6, 6.07) is 9.78. The van der Waals surface area contributed by atoms with Gasteiger partial charge in [0.25, 0.3) is 0 Å². The Hall–Kier alpha value is -2.30. The van der Waals surface area contributed by atoms with Crippen molar-refractivity contribution in [2.45, 2.75) is 25.7 Å². The van der Waals surface area contributed by atoms with Gasteiger partial charge in [-0.2, -0.15) is 0 Å². The molecule has 1 fully saturated rings. The van der Waals surface area contributed by atoms with Crippen LogP contribution in [0.15, 0.2) is 30.3 Å². The van der Waals surface area contributed by atoms with E-state index < -0.39 is 0 Å². The first-order valence-corrected chi connectivity index (χ1v) is 7.28. The summed E-state index contributed by atoms with van der Waals surface area (Å²) in [7, 11) is 0. The number of nitrogens with two attached hydrogens (primary N) is 1. The van der Waals surface area contributed by atoms with E-state index in [2.05, 4.69) is 15.3 Å². The molecule has 1 saturated carbocycles. The zero-order chi connectivity index (χ0) is 14.7. The Morgan fingerprint density at radius 2 is 2.14 bits per heavy atom. The predicted molar refractivity (Wildman–Crippen MR) is 83.6 cm³/mol. The molecule has 0 atom stereocenters. The zero-order valence-corrected chi connectivity index (χ0v) is 12.2. The van der Waals surface area contributed by atoms with E-state index in [4.69, 9.17) is 10.5 Å². The van der Waals surface area contributed by atoms with Crippen molar-refractivity contribution in [2.75, 3.05) is 24.2 Å². The molecule has 1 aliphatic rings. The highest BCUT2D eigenvalue weighted by molar-refractivity contribution is 5.45. The van der Waals surface area contributed by atoms with Crippen molar-refractivity contribution in [3.63, 3.8) is 0 Å². The molecular formula is C16H20N4O. The smallest absolute Gasteiger partial charge is 0.136 e. The molecule has 110 valence electrons. The van der Waals surface area contributed by atoms with Gasteiger partial charge >= 0.3 is 0 Å². The van der Waals surface area contributed by atoms with E-state index in [1.54, 1.807) is 6.07 Å². The van der Waals surface area contributed by atoms with E-state index in [0.29, 0.717) is 24.9 Å². The van der Waals surface area contributed by atoms with Gasteiger partial charge in [-0.05, 0) is 37.5 Å². The van der Waals surface area contributed by atoms with Crippen molar-refractivity contribution in [3.8, 4) is 5.75 Å². The van der Waals surface area contributed by atoms with E-state index in [0.717, 1.165) is 17.4 Å². The Morgan fingerprint density at radius 3 is 2.90 bits per heavy atom. The molecular weight excluding hydrogens is 264 g/mol. The van der Waals surface area contributed by atoms with Crippen LogP contribution in [0.3, 0.4) is 0 Å². The van der Waals surface area contributed by atoms with Crippen LogP contribution in [-0.4, -0.2) is 23.1 Å². The maximum absolute atomic E-state index is 5.81. The standard InChI is InChI=1S/C16H20N4O/c1-11-3-2-4-13(9-11)21-8-7-18-15-10-14(17)19-16(20-15)12-5-6-12/h2-4,9-10,12H,5-8H2,1H3,(H3,17,18,19,20). The van der Waals surface area contributed by atoms with E-state index >= 15 is 0 Å². The molecule has 1 heterocycles. The lowest BCUT2D eigenvalue weighted by Crippen LogP contribution is -2.13. The fourth-order valence-electron chi connectivity index (χ4n) is 2.15. The second-order valence-electron chi connectivity index (χ2n) is 5.40. The molecule has 5 nitrogen and oxygen atoms in total. The molecule has 0 aliphatic heterocycles. The van der Waals surface area contributed by atoms with E-state index in [1.807, 2.05) is 31.2 Å². The highest BCUT2D eigenvalue weighted by Crippen LogP contribution is 2.38. The number of nitrogens with one attached hydrogen (secondary N) is 1. The molecule has 1 aromatic carbocycles. The molecule has 1 aliphatic carbocycles. The lowest BCUT2D eigenvalue weighted by atomic mass is 10.2. The predicted octanol–water partition coefficient (Wildman–Crippen LogP) is 2.74. The van der Waals surface area contributed by atoms with Gasteiger partial charge in [-0.3, -0.25) is 0 Å². The van der Waals surface area contributed by atoms with Crippen LogP contribution in [0.1, 0.15) is 30.1 Å². The van der Waals surface area contributed by atoms with Crippen molar-refractivity contribution in [1.29, 1.82) is 0 Å². The summed E-state index contributed by atoms with van der Waals surface area (Å²) in [5, 5.41) is 3.24. The quantitative estimate of drug-likeness (QED) is 0.798. The minimum absolute atomic E-state index is 0.498. The molecule has 21 heavy (non-hydrogen) atoms. The molecule has 0 saturated heterocycles. The van der Waals surface area contributed by atoms with E-state index in [9.17, 15) is 0 Å². The van der Waals surface area contributed by atoms with Crippen molar-refractivity contribution in [2.24, 2.45) is 0 Å². The zero-order valence-electron chi connectivity index (χ0n) is 12.2. The van der Waals surface area contributed by atoms with Crippen molar-refractivity contribution >= 4 is 11.6 Å². The number of aromatic nitrogens is 2. The third-order valence-corrected chi connectivity index (χ3v) is 3.37. The Morgan fingerprint density at radius 1 is 1.29 bits per heavy atom. The van der Waals surface area contributed by atoms with Crippen LogP contribution in [-0.2, 0) is 0 Å². The van der Waals surface area contributed by atoms with Gasteiger partial charge in [-0.15, -0.1) is 0 Å². The second kappa shape index (κ2) is 5.99. The average Bonchev–Trinajstić information content (AvgIpc) is 3.28. The number of nitrogen functional groups attached to an aromatic ring is 1. The maximum atomic E-state index is 5.81. The number of benzene rings is 1. The Labute approximate surface area is 124 Å². The normalized spacial score (nSPS) is 14.0. The molecule has 0 unspecified atom stereocenters. The maximum Gasteiger partial charge on any atom is 0.136 e. The average molecular weight is 284 g/mol. The Balaban J connectivity index is 1.51. The molecule has 1 aromatic heterocycles.